The molecule has 20 heavy (non-hydrogen) atoms. The maximum Gasteiger partial charge on any atom is 0.190 e. The highest BCUT2D eigenvalue weighted by Gasteiger charge is 2.16. The van der Waals surface area contributed by atoms with E-state index in [0.717, 1.165) is 17.5 Å². The normalized spacial score (nSPS) is 10.7. The van der Waals surface area contributed by atoms with Crippen LogP contribution in [0.2, 0.25) is 0 Å². The van der Waals surface area contributed by atoms with E-state index in [1.807, 2.05) is 37.3 Å². The van der Waals surface area contributed by atoms with E-state index in [4.69, 9.17) is 9.15 Å². The average molecular weight is 269 g/mol. The summed E-state index contributed by atoms with van der Waals surface area (Å²) >= 11 is 0. The van der Waals surface area contributed by atoms with E-state index in [-0.39, 0.29) is 0 Å². The Labute approximate surface area is 116 Å². The third kappa shape index (κ3) is 2.07. The molecule has 5 nitrogen and oxygen atoms in total. The first-order chi connectivity index (χ1) is 9.83. The van der Waals surface area contributed by atoms with Gasteiger partial charge in [0.15, 0.2) is 23.0 Å². The minimum absolute atomic E-state index is 0.591. The molecule has 0 atom stereocenters. The highest BCUT2D eigenvalue weighted by molar-refractivity contribution is 5.84. The topological polar surface area (TPSA) is 60.2 Å². The first kappa shape index (κ1) is 12.5. The summed E-state index contributed by atoms with van der Waals surface area (Å²) in [6.07, 6.45) is 1.50. The van der Waals surface area contributed by atoms with E-state index in [0.29, 0.717) is 23.0 Å². The van der Waals surface area contributed by atoms with Crippen LogP contribution in [0.4, 0.5) is 5.82 Å². The van der Waals surface area contributed by atoms with E-state index in [1.54, 1.807) is 7.11 Å². The number of anilines is 1. The zero-order valence-electron chi connectivity index (χ0n) is 11.4. The van der Waals surface area contributed by atoms with Crippen LogP contribution in [0.15, 0.2) is 41.1 Å². The van der Waals surface area contributed by atoms with Gasteiger partial charge in [-0.1, -0.05) is 18.2 Å². The van der Waals surface area contributed by atoms with Crippen molar-refractivity contribution in [2.45, 2.75) is 6.92 Å². The van der Waals surface area contributed by atoms with Crippen molar-refractivity contribution in [1.82, 2.24) is 9.97 Å². The van der Waals surface area contributed by atoms with Gasteiger partial charge in [-0.25, -0.2) is 9.97 Å². The fraction of sp³-hybridized carbons (Fsp3) is 0.200. The van der Waals surface area contributed by atoms with E-state index in [2.05, 4.69) is 15.3 Å². The molecule has 0 fully saturated rings. The second-order valence-corrected chi connectivity index (χ2v) is 4.28. The fourth-order valence-corrected chi connectivity index (χ4v) is 2.13. The molecule has 1 N–H and O–H groups in total. The summed E-state index contributed by atoms with van der Waals surface area (Å²) in [5.41, 5.74) is 1.47. The Morgan fingerprint density at radius 1 is 1.25 bits per heavy atom. The van der Waals surface area contributed by atoms with Gasteiger partial charge in [0.1, 0.15) is 11.9 Å². The Kier molecular flexibility index (Phi) is 3.25. The molecule has 0 amide bonds. The molecule has 2 aromatic heterocycles. The minimum Gasteiger partial charge on any atom is -0.491 e. The maximum absolute atomic E-state index is 5.83. The van der Waals surface area contributed by atoms with Crippen LogP contribution >= 0.6 is 0 Å². The third-order valence-corrected chi connectivity index (χ3v) is 3.01. The van der Waals surface area contributed by atoms with Gasteiger partial charge in [0.2, 0.25) is 0 Å². The molecule has 0 aliphatic carbocycles. The van der Waals surface area contributed by atoms with Crippen LogP contribution in [-0.2, 0) is 0 Å². The molecule has 0 radical (unpaired) electrons. The van der Waals surface area contributed by atoms with Gasteiger partial charge in [-0.15, -0.1) is 0 Å². The molecule has 1 aromatic carbocycles. The molecule has 102 valence electrons. The number of methoxy groups -OCH3 is 1. The first-order valence-corrected chi connectivity index (χ1v) is 6.45. The predicted molar refractivity (Wildman–Crippen MR) is 78.0 cm³/mol. The number of fused-ring (bicyclic) bond motifs is 1. The quantitative estimate of drug-likeness (QED) is 0.787. The van der Waals surface area contributed by atoms with Crippen molar-refractivity contribution in [3.05, 3.63) is 36.7 Å². The summed E-state index contributed by atoms with van der Waals surface area (Å²) in [6, 6.07) is 9.80. The molecule has 3 aromatic rings. The van der Waals surface area contributed by atoms with Gasteiger partial charge in [0, 0.05) is 11.9 Å². The zero-order valence-corrected chi connectivity index (χ0v) is 11.4. The SMILES string of the molecule is CCNc1ncnc(-c2cc3ccccc3o2)c1OC. The number of ether oxygens (including phenoxy) is 1. The molecular formula is C15H15N3O2. The van der Waals surface area contributed by atoms with Gasteiger partial charge < -0.3 is 14.5 Å². The Morgan fingerprint density at radius 2 is 2.10 bits per heavy atom. The second-order valence-electron chi connectivity index (χ2n) is 4.28. The van der Waals surface area contributed by atoms with Crippen molar-refractivity contribution < 1.29 is 9.15 Å². The highest BCUT2D eigenvalue weighted by Crippen LogP contribution is 2.35. The first-order valence-electron chi connectivity index (χ1n) is 6.45. The number of para-hydroxylation sites is 1. The van der Waals surface area contributed by atoms with E-state index < -0.39 is 0 Å². The lowest BCUT2D eigenvalue weighted by atomic mass is 10.2. The largest absolute Gasteiger partial charge is 0.491 e. The van der Waals surface area contributed by atoms with Crippen LogP contribution in [0.3, 0.4) is 0 Å². The summed E-state index contributed by atoms with van der Waals surface area (Å²) in [5, 5.41) is 4.19. The Morgan fingerprint density at radius 3 is 2.85 bits per heavy atom. The third-order valence-electron chi connectivity index (χ3n) is 3.01. The van der Waals surface area contributed by atoms with Crippen LogP contribution in [0.25, 0.3) is 22.4 Å². The summed E-state index contributed by atoms with van der Waals surface area (Å²) in [6.45, 7) is 2.76. The Bertz CT molecular complexity index is 704. The standard InChI is InChI=1S/C15H15N3O2/c1-3-16-15-14(19-2)13(17-9-18-15)12-8-10-6-4-5-7-11(10)20-12/h4-9H,3H2,1-2H3,(H,16,17,18). The molecular weight excluding hydrogens is 254 g/mol. The lowest BCUT2D eigenvalue weighted by molar-refractivity contribution is 0.413. The number of hydrogen-bond acceptors (Lipinski definition) is 5. The van der Waals surface area contributed by atoms with Crippen LogP contribution in [0.5, 0.6) is 5.75 Å². The van der Waals surface area contributed by atoms with Gasteiger partial charge >= 0.3 is 0 Å². The van der Waals surface area contributed by atoms with Crippen LogP contribution in [-0.4, -0.2) is 23.6 Å². The summed E-state index contributed by atoms with van der Waals surface area (Å²) in [4.78, 5) is 8.48. The zero-order chi connectivity index (χ0) is 13.9. The van der Waals surface area contributed by atoms with Gasteiger partial charge in [0.25, 0.3) is 0 Å². The number of benzene rings is 1. The second kappa shape index (κ2) is 5.21. The van der Waals surface area contributed by atoms with E-state index in [1.165, 1.54) is 6.33 Å². The molecule has 5 heteroatoms. The number of hydrogen-bond donors (Lipinski definition) is 1. The van der Waals surface area contributed by atoms with Gasteiger partial charge in [-0.05, 0) is 19.1 Å². The van der Waals surface area contributed by atoms with Crippen molar-refractivity contribution in [2.75, 3.05) is 19.0 Å². The van der Waals surface area contributed by atoms with Gasteiger partial charge in [-0.2, -0.15) is 0 Å². The number of nitrogens with zero attached hydrogens (tertiary/aromatic N) is 2. The number of aromatic nitrogens is 2. The van der Waals surface area contributed by atoms with Crippen molar-refractivity contribution in [2.24, 2.45) is 0 Å². The summed E-state index contributed by atoms with van der Waals surface area (Å²) < 4.78 is 11.3. The van der Waals surface area contributed by atoms with Gasteiger partial charge in [0.05, 0.1) is 7.11 Å². The van der Waals surface area contributed by atoms with Crippen molar-refractivity contribution in [3.8, 4) is 17.2 Å². The molecule has 2 heterocycles. The average Bonchev–Trinajstić information content (AvgIpc) is 2.91. The lowest BCUT2D eigenvalue weighted by Gasteiger charge is -2.10. The summed E-state index contributed by atoms with van der Waals surface area (Å²) in [5.74, 6) is 1.93. The molecule has 3 rings (SSSR count). The van der Waals surface area contributed by atoms with Crippen LogP contribution in [0.1, 0.15) is 6.92 Å². The summed E-state index contributed by atoms with van der Waals surface area (Å²) in [7, 11) is 1.60. The highest BCUT2D eigenvalue weighted by atomic mass is 16.5. The van der Waals surface area contributed by atoms with E-state index >= 15 is 0 Å². The molecule has 0 saturated heterocycles. The van der Waals surface area contributed by atoms with Gasteiger partial charge in [-0.3, -0.25) is 0 Å². The lowest BCUT2D eigenvalue weighted by Crippen LogP contribution is -2.04. The molecule has 0 bridgehead atoms. The van der Waals surface area contributed by atoms with Crippen LogP contribution < -0.4 is 10.1 Å². The van der Waals surface area contributed by atoms with E-state index in [9.17, 15) is 0 Å². The van der Waals surface area contributed by atoms with Crippen molar-refractivity contribution in [1.29, 1.82) is 0 Å². The molecule has 0 aliphatic heterocycles. The molecule has 0 saturated carbocycles. The maximum atomic E-state index is 5.83. The predicted octanol–water partition coefficient (Wildman–Crippen LogP) is 3.33. The van der Waals surface area contributed by atoms with Crippen molar-refractivity contribution in [3.63, 3.8) is 0 Å². The fourth-order valence-electron chi connectivity index (χ4n) is 2.13. The number of rotatable bonds is 4. The monoisotopic (exact) mass is 269 g/mol. The Balaban J connectivity index is 2.15. The molecule has 0 spiro atoms. The Hall–Kier alpha value is -2.56. The smallest absolute Gasteiger partial charge is 0.190 e. The molecule has 0 unspecified atom stereocenters. The van der Waals surface area contributed by atoms with Crippen molar-refractivity contribution >= 4 is 16.8 Å². The molecule has 0 aliphatic rings. The number of furan rings is 1. The van der Waals surface area contributed by atoms with Crippen LogP contribution in [0, 0.1) is 0 Å². The number of nitrogens with one attached hydrogen (secondary N) is 1. The minimum atomic E-state index is 0.591.